The number of carbonyl (C=O) groups excluding carboxylic acids is 1. The van der Waals surface area contributed by atoms with Crippen molar-refractivity contribution >= 4 is 16.7 Å². The molecule has 0 saturated carbocycles. The van der Waals surface area contributed by atoms with E-state index in [4.69, 9.17) is 4.74 Å². The predicted octanol–water partition coefficient (Wildman–Crippen LogP) is 4.40. The third kappa shape index (κ3) is 4.55. The zero-order chi connectivity index (χ0) is 17.5. The molecule has 0 spiro atoms. The van der Waals surface area contributed by atoms with Gasteiger partial charge in [-0.15, -0.1) is 0 Å². The van der Waals surface area contributed by atoms with Gasteiger partial charge in [0.25, 0.3) is 0 Å². The van der Waals surface area contributed by atoms with E-state index in [0.29, 0.717) is 6.54 Å². The molecule has 0 aliphatic heterocycles. The summed E-state index contributed by atoms with van der Waals surface area (Å²) in [6.07, 6.45) is 3.32. The summed E-state index contributed by atoms with van der Waals surface area (Å²) < 4.78 is 4.72. The lowest BCUT2D eigenvalue weighted by atomic mass is 10.0. The summed E-state index contributed by atoms with van der Waals surface area (Å²) in [4.78, 5) is 11.5. The molecule has 3 nitrogen and oxygen atoms in total. The average molecular weight is 331 g/mol. The van der Waals surface area contributed by atoms with Crippen molar-refractivity contribution in [2.75, 3.05) is 7.11 Å². The molecule has 3 rings (SSSR count). The highest BCUT2D eigenvalue weighted by atomic mass is 16.5. The number of ether oxygens (including phenoxy) is 1. The van der Waals surface area contributed by atoms with E-state index >= 15 is 0 Å². The van der Waals surface area contributed by atoms with Crippen molar-refractivity contribution in [2.45, 2.75) is 12.6 Å². The molecule has 0 radical (unpaired) electrons. The summed E-state index contributed by atoms with van der Waals surface area (Å²) in [5.74, 6) is -0.354. The summed E-state index contributed by atoms with van der Waals surface area (Å²) in [5.41, 5.74) is 2.30. The van der Waals surface area contributed by atoms with Crippen molar-refractivity contribution in [3.8, 4) is 0 Å². The zero-order valence-corrected chi connectivity index (χ0v) is 14.2. The van der Waals surface area contributed by atoms with E-state index in [1.54, 1.807) is 0 Å². The Bertz CT molecular complexity index is 871. The van der Waals surface area contributed by atoms with Crippen molar-refractivity contribution in [3.05, 3.63) is 96.1 Å². The van der Waals surface area contributed by atoms with Gasteiger partial charge in [0, 0.05) is 12.6 Å². The van der Waals surface area contributed by atoms with Crippen molar-refractivity contribution < 1.29 is 9.53 Å². The highest BCUT2D eigenvalue weighted by Gasteiger charge is 2.09. The second-order valence-corrected chi connectivity index (χ2v) is 5.83. The maximum absolute atomic E-state index is 11.5. The first kappa shape index (κ1) is 16.9. The molecule has 0 aliphatic carbocycles. The Morgan fingerprint density at radius 3 is 2.48 bits per heavy atom. The normalized spacial score (nSPS) is 12.4. The van der Waals surface area contributed by atoms with Gasteiger partial charge in [0.1, 0.15) is 0 Å². The number of hydrogen-bond acceptors (Lipinski definition) is 3. The predicted molar refractivity (Wildman–Crippen MR) is 101 cm³/mol. The van der Waals surface area contributed by atoms with E-state index < -0.39 is 0 Å². The van der Waals surface area contributed by atoms with Gasteiger partial charge in [-0.05, 0) is 28.0 Å². The molecular formula is C22H21NO2. The van der Waals surface area contributed by atoms with Gasteiger partial charge < -0.3 is 10.1 Å². The van der Waals surface area contributed by atoms with Crippen LogP contribution in [0.2, 0.25) is 0 Å². The van der Waals surface area contributed by atoms with E-state index in [9.17, 15) is 4.79 Å². The van der Waals surface area contributed by atoms with Gasteiger partial charge in [0.15, 0.2) is 0 Å². The third-order valence-electron chi connectivity index (χ3n) is 4.13. The second kappa shape index (κ2) is 8.27. The molecule has 0 amide bonds. The average Bonchev–Trinajstić information content (AvgIpc) is 2.68. The van der Waals surface area contributed by atoms with Crippen LogP contribution in [0, 0.1) is 0 Å². The first-order valence-electron chi connectivity index (χ1n) is 8.28. The molecule has 0 aliphatic rings. The lowest BCUT2D eigenvalue weighted by molar-refractivity contribution is -0.134. The van der Waals surface area contributed by atoms with Crippen LogP contribution in [0.3, 0.4) is 0 Å². The maximum Gasteiger partial charge on any atom is 0.330 e. The van der Waals surface area contributed by atoms with Crippen LogP contribution < -0.4 is 5.32 Å². The molecule has 3 aromatic rings. The fourth-order valence-corrected chi connectivity index (χ4v) is 2.76. The second-order valence-electron chi connectivity index (χ2n) is 5.83. The van der Waals surface area contributed by atoms with E-state index in [0.717, 1.165) is 5.56 Å². The lowest BCUT2D eigenvalue weighted by Gasteiger charge is -2.16. The lowest BCUT2D eigenvalue weighted by Crippen LogP contribution is -2.19. The third-order valence-corrected chi connectivity index (χ3v) is 4.13. The quantitative estimate of drug-likeness (QED) is 0.537. The molecule has 3 heteroatoms. The summed E-state index contributed by atoms with van der Waals surface area (Å²) in [6.45, 7) is 0.712. The van der Waals surface area contributed by atoms with Gasteiger partial charge in [0.05, 0.1) is 13.2 Å². The molecule has 0 heterocycles. The zero-order valence-electron chi connectivity index (χ0n) is 14.2. The molecule has 1 atom stereocenters. The van der Waals surface area contributed by atoms with Gasteiger partial charge in [0.2, 0.25) is 0 Å². The Hall–Kier alpha value is -2.91. The summed E-state index contributed by atoms with van der Waals surface area (Å²) in [6, 6.07) is 24.7. The van der Waals surface area contributed by atoms with Crippen LogP contribution in [0.25, 0.3) is 10.8 Å². The smallest absolute Gasteiger partial charge is 0.330 e. The Kier molecular flexibility index (Phi) is 5.60. The first-order chi connectivity index (χ1) is 12.3. The van der Waals surface area contributed by atoms with Crippen LogP contribution in [0.15, 0.2) is 84.9 Å². The minimum absolute atomic E-state index is 0.0797. The topological polar surface area (TPSA) is 38.3 Å². The van der Waals surface area contributed by atoms with Crippen LogP contribution in [-0.2, 0) is 16.1 Å². The highest BCUT2D eigenvalue weighted by molar-refractivity contribution is 5.84. The van der Waals surface area contributed by atoms with Gasteiger partial charge in [-0.25, -0.2) is 4.79 Å². The van der Waals surface area contributed by atoms with Crippen molar-refractivity contribution in [1.82, 2.24) is 5.32 Å². The number of carbonyl (C=O) groups is 1. The van der Waals surface area contributed by atoms with Gasteiger partial charge in [-0.2, -0.15) is 0 Å². The number of fused-ring (bicyclic) bond motifs is 1. The van der Waals surface area contributed by atoms with Gasteiger partial charge in [-0.1, -0.05) is 72.8 Å². The van der Waals surface area contributed by atoms with Crippen LogP contribution in [0.4, 0.5) is 0 Å². The standard InChI is InChI=1S/C22H21NO2/c1-25-22(24)14-13-21(23-16-17-7-3-2-4-8-17)20-12-11-18-9-5-6-10-19(18)15-20/h2-15,21,23H,16H2,1H3/b14-13+/t21-/m1/s1. The largest absolute Gasteiger partial charge is 0.466 e. The molecule has 3 aromatic carbocycles. The molecule has 0 aromatic heterocycles. The highest BCUT2D eigenvalue weighted by Crippen LogP contribution is 2.22. The monoisotopic (exact) mass is 331 g/mol. The number of rotatable bonds is 6. The fraction of sp³-hybridized carbons (Fsp3) is 0.136. The summed E-state index contributed by atoms with van der Waals surface area (Å²) in [7, 11) is 1.38. The Morgan fingerprint density at radius 1 is 1.00 bits per heavy atom. The van der Waals surface area contributed by atoms with E-state index in [1.807, 2.05) is 36.4 Å². The molecule has 0 bridgehead atoms. The molecule has 0 saturated heterocycles. The maximum atomic E-state index is 11.5. The molecule has 0 fully saturated rings. The SMILES string of the molecule is COC(=O)/C=C/[C@@H](NCc1ccccc1)c1ccc2ccccc2c1. The van der Waals surface area contributed by atoms with Crippen LogP contribution >= 0.6 is 0 Å². The first-order valence-corrected chi connectivity index (χ1v) is 8.28. The molecule has 1 N–H and O–H groups in total. The van der Waals surface area contributed by atoms with Gasteiger partial charge >= 0.3 is 5.97 Å². The van der Waals surface area contributed by atoms with E-state index in [2.05, 4.69) is 47.8 Å². The van der Waals surface area contributed by atoms with Crippen LogP contribution in [-0.4, -0.2) is 13.1 Å². The minimum Gasteiger partial charge on any atom is -0.466 e. The van der Waals surface area contributed by atoms with Crippen molar-refractivity contribution in [1.29, 1.82) is 0 Å². The Balaban J connectivity index is 1.85. The fourth-order valence-electron chi connectivity index (χ4n) is 2.76. The van der Waals surface area contributed by atoms with Crippen molar-refractivity contribution in [2.24, 2.45) is 0 Å². The number of benzene rings is 3. The number of methoxy groups -OCH3 is 1. The Labute approximate surface area is 147 Å². The Morgan fingerprint density at radius 2 is 1.72 bits per heavy atom. The number of hydrogen-bond donors (Lipinski definition) is 1. The molecule has 25 heavy (non-hydrogen) atoms. The molecule has 0 unspecified atom stereocenters. The molecular weight excluding hydrogens is 310 g/mol. The van der Waals surface area contributed by atoms with E-state index in [1.165, 1.54) is 29.5 Å². The molecule has 126 valence electrons. The van der Waals surface area contributed by atoms with E-state index in [-0.39, 0.29) is 12.0 Å². The summed E-state index contributed by atoms with van der Waals surface area (Å²) in [5, 5.41) is 5.88. The number of esters is 1. The van der Waals surface area contributed by atoms with Crippen LogP contribution in [0.5, 0.6) is 0 Å². The summed E-state index contributed by atoms with van der Waals surface area (Å²) >= 11 is 0. The minimum atomic E-state index is -0.354. The number of nitrogens with one attached hydrogen (secondary N) is 1. The van der Waals surface area contributed by atoms with Crippen LogP contribution in [0.1, 0.15) is 17.2 Å². The van der Waals surface area contributed by atoms with Crippen molar-refractivity contribution in [3.63, 3.8) is 0 Å². The van der Waals surface area contributed by atoms with Gasteiger partial charge in [-0.3, -0.25) is 0 Å².